The minimum atomic E-state index is -0.733. The third-order valence-electron chi connectivity index (χ3n) is 5.97. The topological polar surface area (TPSA) is 111 Å². The van der Waals surface area contributed by atoms with Crippen LogP contribution in [-0.2, 0) is 4.79 Å². The second-order valence-electron chi connectivity index (χ2n) is 8.13. The molecule has 2 atom stereocenters. The minimum Gasteiger partial charge on any atom is -0.457 e. The van der Waals surface area contributed by atoms with E-state index in [1.165, 1.54) is 12.3 Å². The highest BCUT2D eigenvalue weighted by Crippen LogP contribution is 2.35. The van der Waals surface area contributed by atoms with Crippen LogP contribution in [0.2, 0.25) is 0 Å². The van der Waals surface area contributed by atoms with E-state index in [4.69, 9.17) is 15.2 Å². The predicted octanol–water partition coefficient (Wildman–Crippen LogP) is 3.14. The summed E-state index contributed by atoms with van der Waals surface area (Å²) < 4.78 is 11.7. The van der Waals surface area contributed by atoms with Crippen molar-refractivity contribution in [3.8, 4) is 23.1 Å². The number of benzene rings is 2. The summed E-state index contributed by atoms with van der Waals surface area (Å²) in [7, 11) is 0. The average molecular weight is 457 g/mol. The lowest BCUT2D eigenvalue weighted by atomic mass is 10.2. The molecule has 3 heterocycles. The fourth-order valence-electron chi connectivity index (χ4n) is 4.39. The molecule has 2 N–H and O–H groups in total. The summed E-state index contributed by atoms with van der Waals surface area (Å²) in [6.45, 7) is 4.79. The Morgan fingerprint density at radius 2 is 1.65 bits per heavy atom. The first-order valence-electron chi connectivity index (χ1n) is 10.9. The van der Waals surface area contributed by atoms with Crippen molar-refractivity contribution >= 4 is 17.6 Å². The first-order valence-corrected chi connectivity index (χ1v) is 10.9. The molecule has 2 fully saturated rings. The van der Waals surface area contributed by atoms with Crippen LogP contribution in [0.3, 0.4) is 0 Å². The summed E-state index contributed by atoms with van der Waals surface area (Å²) >= 11 is 0. The number of primary amides is 1. The molecule has 0 saturated carbocycles. The van der Waals surface area contributed by atoms with E-state index < -0.39 is 5.91 Å². The number of likely N-dealkylation sites (tertiary alicyclic amines) is 1. The van der Waals surface area contributed by atoms with E-state index >= 15 is 0 Å². The van der Waals surface area contributed by atoms with Crippen molar-refractivity contribution in [3.05, 3.63) is 79.1 Å². The lowest BCUT2D eigenvalue weighted by molar-refractivity contribution is -0.127. The lowest BCUT2D eigenvalue weighted by Crippen LogP contribution is -2.48. The van der Waals surface area contributed by atoms with Gasteiger partial charge in [-0.25, -0.2) is 4.98 Å². The molecule has 2 aliphatic heterocycles. The number of amides is 2. The molecule has 3 aromatic rings. The molecule has 5 rings (SSSR count). The summed E-state index contributed by atoms with van der Waals surface area (Å²) in [5, 5.41) is 0. The van der Waals surface area contributed by atoms with Crippen LogP contribution in [0, 0.1) is 0 Å². The molecule has 9 nitrogen and oxygen atoms in total. The number of carbonyl (C=O) groups excluding carboxylic acids is 2. The van der Waals surface area contributed by atoms with E-state index in [0.29, 0.717) is 30.4 Å². The van der Waals surface area contributed by atoms with Crippen LogP contribution in [0.1, 0.15) is 16.9 Å². The Morgan fingerprint density at radius 1 is 0.971 bits per heavy atom. The summed E-state index contributed by atoms with van der Waals surface area (Å²) in [5.74, 6) is 1.62. The Kier molecular flexibility index (Phi) is 5.59. The first-order chi connectivity index (χ1) is 16.5. The van der Waals surface area contributed by atoms with Crippen LogP contribution < -0.4 is 20.1 Å². The summed E-state index contributed by atoms with van der Waals surface area (Å²) in [4.78, 5) is 36.7. The number of para-hydroxylation sites is 1. The van der Waals surface area contributed by atoms with E-state index in [9.17, 15) is 9.59 Å². The number of ether oxygens (including phenoxy) is 2. The Morgan fingerprint density at radius 3 is 2.26 bits per heavy atom. The van der Waals surface area contributed by atoms with Gasteiger partial charge < -0.3 is 25.0 Å². The van der Waals surface area contributed by atoms with Gasteiger partial charge in [0.2, 0.25) is 5.91 Å². The maximum absolute atomic E-state index is 12.0. The van der Waals surface area contributed by atoms with Crippen molar-refractivity contribution in [2.75, 3.05) is 18.0 Å². The number of carbonyl (C=O) groups is 2. The second kappa shape index (κ2) is 8.86. The van der Waals surface area contributed by atoms with Gasteiger partial charge in [0.25, 0.3) is 11.8 Å². The van der Waals surface area contributed by atoms with Gasteiger partial charge in [0.05, 0.1) is 18.3 Å². The largest absolute Gasteiger partial charge is 0.457 e. The number of anilines is 1. The molecular weight excluding hydrogens is 434 g/mol. The van der Waals surface area contributed by atoms with Crippen molar-refractivity contribution in [2.24, 2.45) is 5.73 Å². The van der Waals surface area contributed by atoms with Gasteiger partial charge in [-0.3, -0.25) is 9.59 Å². The monoisotopic (exact) mass is 457 g/mol. The first kappa shape index (κ1) is 21.4. The van der Waals surface area contributed by atoms with Crippen molar-refractivity contribution in [1.29, 1.82) is 0 Å². The predicted molar refractivity (Wildman–Crippen MR) is 125 cm³/mol. The van der Waals surface area contributed by atoms with Crippen LogP contribution >= 0.6 is 0 Å². The third kappa shape index (κ3) is 4.15. The molecule has 2 aromatic carbocycles. The van der Waals surface area contributed by atoms with Gasteiger partial charge in [0.1, 0.15) is 17.2 Å². The summed E-state index contributed by atoms with van der Waals surface area (Å²) in [5.41, 5.74) is 5.45. The van der Waals surface area contributed by atoms with Gasteiger partial charge in [-0.2, -0.15) is 4.98 Å². The number of piperazine rings is 1. The molecular formula is C25H23N5O4. The van der Waals surface area contributed by atoms with Gasteiger partial charge in [0.15, 0.2) is 11.5 Å². The van der Waals surface area contributed by atoms with Crippen LogP contribution in [0.4, 0.5) is 5.82 Å². The SMILES string of the molecule is C=CC(=O)N1C[C@@H]2C[C@H]1CN2c1cnc(C(N)=O)c(Oc2ccc(Oc3ccccc3)cc2)n1. The van der Waals surface area contributed by atoms with E-state index in [2.05, 4.69) is 21.4 Å². The number of aromatic nitrogens is 2. The van der Waals surface area contributed by atoms with Crippen molar-refractivity contribution in [2.45, 2.75) is 18.5 Å². The maximum Gasteiger partial charge on any atom is 0.272 e. The van der Waals surface area contributed by atoms with Crippen molar-refractivity contribution in [3.63, 3.8) is 0 Å². The van der Waals surface area contributed by atoms with E-state index in [1.54, 1.807) is 24.3 Å². The Labute approximate surface area is 196 Å². The van der Waals surface area contributed by atoms with E-state index in [0.717, 1.165) is 12.2 Å². The number of fused-ring (bicyclic) bond motifs is 2. The number of rotatable bonds is 7. The zero-order valence-corrected chi connectivity index (χ0v) is 18.3. The van der Waals surface area contributed by atoms with Gasteiger partial charge in [-0.05, 0) is 48.9 Å². The quantitative estimate of drug-likeness (QED) is 0.543. The number of hydrogen-bond donors (Lipinski definition) is 1. The molecule has 2 aliphatic rings. The number of hydrogen-bond acceptors (Lipinski definition) is 7. The highest BCUT2D eigenvalue weighted by Gasteiger charge is 2.45. The molecule has 34 heavy (non-hydrogen) atoms. The summed E-state index contributed by atoms with van der Waals surface area (Å²) in [6, 6.07) is 16.6. The van der Waals surface area contributed by atoms with Gasteiger partial charge >= 0.3 is 0 Å². The molecule has 0 unspecified atom stereocenters. The highest BCUT2D eigenvalue weighted by molar-refractivity contribution is 5.93. The third-order valence-corrected chi connectivity index (χ3v) is 5.97. The zero-order chi connectivity index (χ0) is 23.7. The summed E-state index contributed by atoms with van der Waals surface area (Å²) in [6.07, 6.45) is 3.70. The van der Waals surface area contributed by atoms with Crippen LogP contribution in [0.5, 0.6) is 23.1 Å². The Hall–Kier alpha value is -4.40. The van der Waals surface area contributed by atoms with E-state index in [1.807, 2.05) is 35.2 Å². The van der Waals surface area contributed by atoms with E-state index in [-0.39, 0.29) is 29.6 Å². The zero-order valence-electron chi connectivity index (χ0n) is 18.3. The molecule has 9 heteroatoms. The molecule has 1 aromatic heterocycles. The number of nitrogens with two attached hydrogens (primary N) is 1. The molecule has 0 spiro atoms. The minimum absolute atomic E-state index is 0.0310. The normalized spacial score (nSPS) is 18.6. The van der Waals surface area contributed by atoms with Crippen molar-refractivity contribution in [1.82, 2.24) is 14.9 Å². The Bertz CT molecular complexity index is 1230. The fourth-order valence-corrected chi connectivity index (χ4v) is 4.39. The second-order valence-corrected chi connectivity index (χ2v) is 8.13. The van der Waals surface area contributed by atoms with Gasteiger partial charge in [-0.1, -0.05) is 24.8 Å². The van der Waals surface area contributed by atoms with Gasteiger partial charge in [-0.15, -0.1) is 0 Å². The Balaban J connectivity index is 1.34. The molecule has 2 bridgehead atoms. The molecule has 0 aliphatic carbocycles. The van der Waals surface area contributed by atoms with Crippen LogP contribution in [-0.4, -0.2) is 51.9 Å². The van der Waals surface area contributed by atoms with Gasteiger partial charge in [0, 0.05) is 13.1 Å². The molecule has 2 amide bonds. The molecule has 2 saturated heterocycles. The molecule has 0 radical (unpaired) electrons. The number of nitrogens with zero attached hydrogens (tertiary/aromatic N) is 4. The highest BCUT2D eigenvalue weighted by atomic mass is 16.5. The fraction of sp³-hybridized carbons (Fsp3) is 0.200. The molecule has 172 valence electrons. The average Bonchev–Trinajstić information content (AvgIpc) is 3.47. The standard InChI is InChI=1S/C25H23N5O4/c1-2-22(31)30-15-16-12-17(30)14-29(16)21-13-27-23(24(26)32)25(28-21)34-20-10-8-19(9-11-20)33-18-6-4-3-5-7-18/h2-11,13,16-17H,1,12,14-15H2,(H2,26,32)/t16-,17-/m0/s1. The maximum atomic E-state index is 12.0. The smallest absolute Gasteiger partial charge is 0.272 e. The van der Waals surface area contributed by atoms with Crippen molar-refractivity contribution < 1.29 is 19.1 Å². The van der Waals surface area contributed by atoms with Crippen LogP contribution in [0.15, 0.2) is 73.4 Å². The lowest BCUT2D eigenvalue weighted by Gasteiger charge is -2.34. The van der Waals surface area contributed by atoms with Crippen LogP contribution in [0.25, 0.3) is 0 Å².